The molecule has 0 radical (unpaired) electrons. The Balaban J connectivity index is 1.81. The van der Waals surface area contributed by atoms with Gasteiger partial charge in [-0.1, -0.05) is 30.3 Å². The molecule has 0 heterocycles. The molecule has 1 N–H and O–H groups in total. The first-order chi connectivity index (χ1) is 17.6. The summed E-state index contributed by atoms with van der Waals surface area (Å²) in [6, 6.07) is 17.9. The lowest BCUT2D eigenvalue weighted by Crippen LogP contribution is -2.40. The number of sulfonamides is 1. The third-order valence-electron chi connectivity index (χ3n) is 5.20. The summed E-state index contributed by atoms with van der Waals surface area (Å²) in [6.07, 6.45) is 0.446. The van der Waals surface area contributed by atoms with E-state index < -0.39 is 28.6 Å². The van der Waals surface area contributed by atoms with Gasteiger partial charge in [0.2, 0.25) is 0 Å². The number of rotatable bonds is 9. The van der Waals surface area contributed by atoms with Crippen molar-refractivity contribution in [3.8, 4) is 11.5 Å². The fourth-order valence-corrected chi connectivity index (χ4v) is 4.83. The van der Waals surface area contributed by atoms with Gasteiger partial charge in [-0.3, -0.25) is 9.10 Å². The molecule has 0 saturated carbocycles. The highest BCUT2D eigenvalue weighted by molar-refractivity contribution is 7.92. The van der Waals surface area contributed by atoms with Gasteiger partial charge in [-0.05, 0) is 66.9 Å². The Bertz CT molecular complexity index is 1410. The second-order valence-electron chi connectivity index (χ2n) is 7.87. The molecule has 3 aromatic carbocycles. The van der Waals surface area contributed by atoms with Crippen LogP contribution in [0.3, 0.4) is 0 Å². The van der Waals surface area contributed by atoms with E-state index in [1.165, 1.54) is 44.7 Å². The van der Waals surface area contributed by atoms with Gasteiger partial charge in [-0.2, -0.15) is 5.10 Å². The number of hydrogen-bond donors (Lipinski definition) is 1. The first-order valence-electron chi connectivity index (χ1n) is 11.1. The number of amides is 1. The highest BCUT2D eigenvalue weighted by Gasteiger charge is 2.28. The topological polar surface area (TPSA) is 124 Å². The van der Waals surface area contributed by atoms with Crippen molar-refractivity contribution in [1.82, 2.24) is 5.43 Å². The molecule has 0 fully saturated rings. The smallest absolute Gasteiger partial charge is 0.493 e. The monoisotopic (exact) mass is 525 g/mol. The van der Waals surface area contributed by atoms with E-state index in [9.17, 15) is 18.0 Å². The number of hydrazone groups is 1. The summed E-state index contributed by atoms with van der Waals surface area (Å²) in [5.74, 6) is -0.254. The van der Waals surface area contributed by atoms with Crippen molar-refractivity contribution in [2.24, 2.45) is 5.10 Å². The Labute approximate surface area is 215 Å². The van der Waals surface area contributed by atoms with Crippen molar-refractivity contribution >= 4 is 34.0 Å². The molecule has 10 nitrogen and oxygen atoms in total. The van der Waals surface area contributed by atoms with Gasteiger partial charge in [-0.15, -0.1) is 0 Å². The summed E-state index contributed by atoms with van der Waals surface area (Å²) in [5.41, 5.74) is 4.83. The molecule has 0 atom stereocenters. The molecule has 0 aromatic heterocycles. The molecule has 11 heteroatoms. The second-order valence-corrected chi connectivity index (χ2v) is 9.74. The predicted octanol–water partition coefficient (Wildman–Crippen LogP) is 3.80. The maximum atomic E-state index is 13.5. The van der Waals surface area contributed by atoms with Crippen LogP contribution in [0.25, 0.3) is 0 Å². The molecule has 0 aliphatic heterocycles. The normalized spacial score (nSPS) is 11.1. The van der Waals surface area contributed by atoms with E-state index >= 15 is 0 Å². The van der Waals surface area contributed by atoms with Crippen molar-refractivity contribution < 1.29 is 32.2 Å². The summed E-state index contributed by atoms with van der Waals surface area (Å²) in [7, 11) is -1.45. The number of ether oxygens (including phenoxy) is 3. The molecule has 0 saturated heterocycles. The standard InChI is InChI=1S/C26H27N3O7S/c1-18-10-11-19(2)22(14-18)29(37(32,33)21-8-6-5-7-9-21)17-25(30)28-27-16-20-12-13-23(24(15-20)34-3)36-26(31)35-4/h5-16H,17H2,1-4H3,(H,28,30)/b27-16+. The number of hydrogen-bond acceptors (Lipinski definition) is 8. The Hall–Kier alpha value is -4.38. The van der Waals surface area contributed by atoms with Crippen LogP contribution in [0, 0.1) is 13.8 Å². The summed E-state index contributed by atoms with van der Waals surface area (Å²) >= 11 is 0. The fraction of sp³-hybridized carbons (Fsp3) is 0.192. The van der Waals surface area contributed by atoms with Gasteiger partial charge in [0, 0.05) is 0 Å². The van der Waals surface area contributed by atoms with Crippen molar-refractivity contribution in [1.29, 1.82) is 0 Å². The number of methoxy groups -OCH3 is 2. The summed E-state index contributed by atoms with van der Waals surface area (Å²) < 4.78 is 42.7. The largest absolute Gasteiger partial charge is 0.513 e. The Morgan fingerprint density at radius 1 is 0.973 bits per heavy atom. The number of nitrogens with one attached hydrogen (secondary N) is 1. The van der Waals surface area contributed by atoms with Crippen LogP contribution >= 0.6 is 0 Å². The molecule has 0 spiro atoms. The van der Waals surface area contributed by atoms with Crippen LogP contribution in [0.15, 0.2) is 76.7 Å². The molecule has 0 aliphatic rings. The van der Waals surface area contributed by atoms with Gasteiger partial charge in [0.25, 0.3) is 15.9 Å². The predicted molar refractivity (Wildman–Crippen MR) is 139 cm³/mol. The quantitative estimate of drug-likeness (QED) is 0.195. The lowest BCUT2D eigenvalue weighted by atomic mass is 10.1. The average Bonchev–Trinajstić information content (AvgIpc) is 2.89. The van der Waals surface area contributed by atoms with Crippen molar-refractivity contribution in [2.45, 2.75) is 18.7 Å². The molecule has 3 aromatic rings. The summed E-state index contributed by atoms with van der Waals surface area (Å²) in [6.45, 7) is 3.13. The number of carbonyl (C=O) groups is 2. The molecule has 3 rings (SSSR count). The number of anilines is 1. The lowest BCUT2D eigenvalue weighted by Gasteiger charge is -2.25. The zero-order chi connectivity index (χ0) is 27.0. The lowest BCUT2D eigenvalue weighted by molar-refractivity contribution is -0.119. The molecule has 0 unspecified atom stereocenters. The Morgan fingerprint density at radius 3 is 2.38 bits per heavy atom. The first kappa shape index (κ1) is 27.2. The molecule has 194 valence electrons. The maximum Gasteiger partial charge on any atom is 0.513 e. The van der Waals surface area contributed by atoms with E-state index in [1.807, 2.05) is 13.0 Å². The molecular formula is C26H27N3O7S. The Kier molecular flexibility index (Phi) is 8.86. The zero-order valence-corrected chi connectivity index (χ0v) is 21.6. The molecule has 0 aliphatic carbocycles. The van der Waals surface area contributed by atoms with E-state index in [-0.39, 0.29) is 16.4 Å². The molecule has 0 bridgehead atoms. The van der Waals surface area contributed by atoms with E-state index in [0.29, 0.717) is 16.8 Å². The average molecular weight is 526 g/mol. The van der Waals surface area contributed by atoms with Crippen molar-refractivity contribution in [3.05, 3.63) is 83.4 Å². The van der Waals surface area contributed by atoms with E-state index in [1.54, 1.807) is 43.3 Å². The van der Waals surface area contributed by atoms with Gasteiger partial charge in [0.1, 0.15) is 6.54 Å². The van der Waals surface area contributed by atoms with Crippen LogP contribution in [-0.2, 0) is 19.6 Å². The number of carbonyl (C=O) groups excluding carboxylic acids is 2. The van der Waals surface area contributed by atoms with Crippen LogP contribution < -0.4 is 19.2 Å². The third-order valence-corrected chi connectivity index (χ3v) is 6.98. The van der Waals surface area contributed by atoms with E-state index in [4.69, 9.17) is 9.47 Å². The van der Waals surface area contributed by atoms with Gasteiger partial charge in [0.15, 0.2) is 11.5 Å². The minimum atomic E-state index is -4.04. The third kappa shape index (κ3) is 6.85. The van der Waals surface area contributed by atoms with Crippen molar-refractivity contribution in [3.63, 3.8) is 0 Å². The highest BCUT2D eigenvalue weighted by Crippen LogP contribution is 2.29. The minimum Gasteiger partial charge on any atom is -0.493 e. The second kappa shape index (κ2) is 12.0. The minimum absolute atomic E-state index is 0.0635. The van der Waals surface area contributed by atoms with Gasteiger partial charge < -0.3 is 14.2 Å². The van der Waals surface area contributed by atoms with Crippen LogP contribution in [0.2, 0.25) is 0 Å². The molecule has 37 heavy (non-hydrogen) atoms. The van der Waals surface area contributed by atoms with E-state index in [2.05, 4.69) is 15.3 Å². The van der Waals surface area contributed by atoms with Crippen molar-refractivity contribution in [2.75, 3.05) is 25.1 Å². The van der Waals surface area contributed by atoms with Crippen LogP contribution in [0.4, 0.5) is 10.5 Å². The van der Waals surface area contributed by atoms with Gasteiger partial charge in [-0.25, -0.2) is 18.6 Å². The number of nitrogens with zero attached hydrogens (tertiary/aromatic N) is 2. The van der Waals surface area contributed by atoms with Crippen LogP contribution in [-0.4, -0.2) is 47.5 Å². The maximum absolute atomic E-state index is 13.5. The summed E-state index contributed by atoms with van der Waals surface area (Å²) in [4.78, 5) is 24.2. The van der Waals surface area contributed by atoms with Gasteiger partial charge in [0.05, 0.1) is 31.0 Å². The van der Waals surface area contributed by atoms with E-state index in [0.717, 1.165) is 9.87 Å². The SMILES string of the molecule is COC(=O)Oc1ccc(/C=N/NC(=O)CN(c2cc(C)ccc2C)S(=O)(=O)c2ccccc2)cc1OC. The highest BCUT2D eigenvalue weighted by atomic mass is 32.2. The van der Waals surface area contributed by atoms with Crippen LogP contribution in [0.1, 0.15) is 16.7 Å². The first-order valence-corrected chi connectivity index (χ1v) is 12.5. The summed E-state index contributed by atoms with van der Waals surface area (Å²) in [5, 5.41) is 3.93. The number of aryl methyl sites for hydroxylation is 2. The molecular weight excluding hydrogens is 498 g/mol. The Morgan fingerprint density at radius 2 is 1.70 bits per heavy atom. The zero-order valence-electron chi connectivity index (χ0n) is 20.8. The molecule has 1 amide bonds. The number of benzene rings is 3. The van der Waals surface area contributed by atoms with Crippen LogP contribution in [0.5, 0.6) is 11.5 Å². The fourth-order valence-electron chi connectivity index (χ4n) is 3.33. The van der Waals surface area contributed by atoms with Gasteiger partial charge >= 0.3 is 6.16 Å².